The number of carbonyl (C=O) groups is 1. The number of hydrogen-bond acceptors (Lipinski definition) is 7. The number of rotatable bonds is 4. The molecule has 0 unspecified atom stereocenters. The van der Waals surface area contributed by atoms with Gasteiger partial charge < -0.3 is 10.0 Å². The summed E-state index contributed by atoms with van der Waals surface area (Å²) in [6, 6.07) is 8.26. The van der Waals surface area contributed by atoms with Gasteiger partial charge in [-0.1, -0.05) is 47.0 Å². The van der Waals surface area contributed by atoms with Gasteiger partial charge >= 0.3 is 0 Å². The van der Waals surface area contributed by atoms with Crippen LogP contribution in [0.1, 0.15) is 18.7 Å². The molecule has 144 valence electrons. The van der Waals surface area contributed by atoms with Gasteiger partial charge in [-0.3, -0.25) is 9.36 Å². The monoisotopic (exact) mass is 447 g/mol. The van der Waals surface area contributed by atoms with Gasteiger partial charge in [-0.05, 0) is 50.4 Å². The molecule has 28 heavy (non-hydrogen) atoms. The van der Waals surface area contributed by atoms with Gasteiger partial charge in [0.1, 0.15) is 9.92 Å². The molecule has 3 heterocycles. The molecule has 0 spiro atoms. The summed E-state index contributed by atoms with van der Waals surface area (Å²) in [4.78, 5) is 21.0. The average molecular weight is 448 g/mol. The zero-order valence-electron chi connectivity index (χ0n) is 15.2. The Morgan fingerprint density at radius 3 is 2.68 bits per heavy atom. The predicted molar refractivity (Wildman–Crippen MR) is 121 cm³/mol. The lowest BCUT2D eigenvalue weighted by Gasteiger charge is -2.17. The van der Waals surface area contributed by atoms with Gasteiger partial charge in [0, 0.05) is 18.0 Å². The molecule has 1 N–H and O–H groups in total. The average Bonchev–Trinajstić information content (AvgIpc) is 3.32. The summed E-state index contributed by atoms with van der Waals surface area (Å²) in [5, 5.41) is 12.0. The highest BCUT2D eigenvalue weighted by Gasteiger charge is 2.28. The van der Waals surface area contributed by atoms with Crippen LogP contribution in [0.3, 0.4) is 0 Å². The molecule has 0 radical (unpaired) electrons. The van der Waals surface area contributed by atoms with E-state index in [1.165, 1.54) is 33.7 Å². The maximum Gasteiger partial charge on any atom is 0.284 e. The number of amides is 1. The van der Waals surface area contributed by atoms with Gasteiger partial charge in [0.25, 0.3) is 5.91 Å². The van der Waals surface area contributed by atoms with Gasteiger partial charge in [-0.25, -0.2) is 0 Å². The molecule has 2 aliphatic rings. The summed E-state index contributed by atoms with van der Waals surface area (Å²) in [5.74, 6) is -0.211. The molecule has 1 amide bonds. The number of carbonyl (C=O) groups excluding carboxylic acids is 1. The lowest BCUT2D eigenvalue weighted by molar-refractivity contribution is -0.113. The van der Waals surface area contributed by atoms with Crippen LogP contribution >= 0.6 is 47.1 Å². The van der Waals surface area contributed by atoms with Gasteiger partial charge in [0.2, 0.25) is 5.88 Å². The minimum absolute atomic E-state index is 0.0788. The number of benzene rings is 1. The third-order valence-electron chi connectivity index (χ3n) is 4.33. The van der Waals surface area contributed by atoms with Crippen LogP contribution in [0.4, 0.5) is 5.69 Å². The Kier molecular flexibility index (Phi) is 5.50. The lowest BCUT2D eigenvalue weighted by Crippen LogP contribution is -2.16. The number of fused-ring (bicyclic) bond motifs is 1. The van der Waals surface area contributed by atoms with Crippen molar-refractivity contribution in [3.8, 4) is 5.88 Å². The highest BCUT2D eigenvalue weighted by atomic mass is 32.2. The predicted octanol–water partition coefficient (Wildman–Crippen LogP) is 5.38. The van der Waals surface area contributed by atoms with Crippen LogP contribution in [-0.4, -0.2) is 27.2 Å². The zero-order valence-corrected chi connectivity index (χ0v) is 18.5. The number of hydrogen-bond donors (Lipinski definition) is 1. The fraction of sp³-hybridized carbons (Fsp3) is 0.211. The van der Waals surface area contributed by atoms with E-state index >= 15 is 0 Å². The second-order valence-corrected chi connectivity index (χ2v) is 9.68. The number of thioether (sulfide) groups is 2. The van der Waals surface area contributed by atoms with Crippen LogP contribution in [0, 0.1) is 3.95 Å². The van der Waals surface area contributed by atoms with Gasteiger partial charge in [0.05, 0.1) is 15.6 Å². The van der Waals surface area contributed by atoms with E-state index in [0.717, 1.165) is 11.6 Å². The third kappa shape index (κ3) is 3.36. The molecule has 2 aliphatic heterocycles. The van der Waals surface area contributed by atoms with Crippen molar-refractivity contribution in [3.63, 3.8) is 0 Å². The van der Waals surface area contributed by atoms with Crippen molar-refractivity contribution < 1.29 is 9.90 Å². The van der Waals surface area contributed by atoms with Crippen LogP contribution in [0.5, 0.6) is 5.88 Å². The van der Waals surface area contributed by atoms with E-state index in [1.54, 1.807) is 16.3 Å². The Labute approximate surface area is 180 Å². The maximum atomic E-state index is 12.4. The number of aromatic hydroxyl groups is 1. The first-order chi connectivity index (χ1) is 13.5. The number of anilines is 1. The van der Waals surface area contributed by atoms with Crippen LogP contribution in [0.15, 0.2) is 56.2 Å². The van der Waals surface area contributed by atoms with Crippen molar-refractivity contribution in [3.05, 3.63) is 55.2 Å². The second-order valence-electron chi connectivity index (χ2n) is 5.94. The van der Waals surface area contributed by atoms with E-state index in [1.807, 2.05) is 31.2 Å². The van der Waals surface area contributed by atoms with E-state index in [-0.39, 0.29) is 11.8 Å². The SMILES string of the molecule is CCN1/C(=C/C=C2/SC(c3sc(=S)n(CC)c3O)=NC2=O)Sc2ccccc21. The van der Waals surface area contributed by atoms with Crippen molar-refractivity contribution in [1.82, 2.24) is 4.57 Å². The van der Waals surface area contributed by atoms with Gasteiger partial charge in [-0.15, -0.1) is 0 Å². The molecule has 0 aliphatic carbocycles. The molecule has 4 rings (SSSR count). The number of aliphatic imine (C=N–C) groups is 1. The number of nitrogens with zero attached hydrogens (tertiary/aromatic N) is 3. The normalized spacial score (nSPS) is 19.0. The summed E-state index contributed by atoms with van der Waals surface area (Å²) in [5.41, 5.74) is 1.19. The first kappa shape index (κ1) is 19.5. The lowest BCUT2D eigenvalue weighted by atomic mass is 10.3. The summed E-state index contributed by atoms with van der Waals surface area (Å²) >= 11 is 9.52. The highest BCUT2D eigenvalue weighted by molar-refractivity contribution is 8.19. The van der Waals surface area contributed by atoms with Crippen molar-refractivity contribution in [2.75, 3.05) is 11.4 Å². The van der Waals surface area contributed by atoms with E-state index in [4.69, 9.17) is 12.2 Å². The minimum atomic E-state index is -0.290. The van der Waals surface area contributed by atoms with Gasteiger partial charge in [0.15, 0.2) is 3.95 Å². The van der Waals surface area contributed by atoms with E-state index in [9.17, 15) is 9.90 Å². The first-order valence-electron chi connectivity index (χ1n) is 8.73. The first-order valence-corrected chi connectivity index (χ1v) is 11.6. The number of para-hydroxylation sites is 1. The molecule has 0 saturated heterocycles. The number of aromatic nitrogens is 1. The summed E-state index contributed by atoms with van der Waals surface area (Å²) in [6.45, 7) is 5.44. The molecule has 0 fully saturated rings. The molecule has 0 atom stereocenters. The number of thiazole rings is 1. The fourth-order valence-electron chi connectivity index (χ4n) is 2.99. The molecule has 5 nitrogen and oxygen atoms in total. The van der Waals surface area contributed by atoms with E-state index in [0.29, 0.717) is 25.3 Å². The molecule has 9 heteroatoms. The Hall–Kier alpha value is -1.81. The Morgan fingerprint density at radius 1 is 1.18 bits per heavy atom. The Balaban J connectivity index is 1.59. The Bertz CT molecular complexity index is 1110. The maximum absolute atomic E-state index is 12.4. The highest BCUT2D eigenvalue weighted by Crippen LogP contribution is 2.46. The van der Waals surface area contributed by atoms with Crippen molar-refractivity contribution >= 4 is 63.7 Å². The molecular weight excluding hydrogens is 430 g/mol. The summed E-state index contributed by atoms with van der Waals surface area (Å²) in [6.07, 6.45) is 3.78. The standard InChI is InChI=1S/C19H17N3O2S4/c1-3-21-11-7-5-6-8-12(11)26-14(21)10-9-13-16(23)20-17(27-13)15-18(24)22(4-2)19(25)28-15/h5-10,24H,3-4H2,1-2H3/b13-9+,14-10-. The van der Waals surface area contributed by atoms with Crippen molar-refractivity contribution in [2.45, 2.75) is 25.3 Å². The molecule has 1 aromatic heterocycles. The Morgan fingerprint density at radius 2 is 1.96 bits per heavy atom. The van der Waals surface area contributed by atoms with Gasteiger partial charge in [-0.2, -0.15) is 4.99 Å². The zero-order chi connectivity index (χ0) is 19.8. The largest absolute Gasteiger partial charge is 0.493 e. The van der Waals surface area contributed by atoms with Crippen molar-refractivity contribution in [1.29, 1.82) is 0 Å². The third-order valence-corrected chi connectivity index (χ3v) is 8.05. The smallest absolute Gasteiger partial charge is 0.284 e. The molecular formula is C19H17N3O2S4. The van der Waals surface area contributed by atoms with Crippen LogP contribution in [0.2, 0.25) is 0 Å². The van der Waals surface area contributed by atoms with E-state index in [2.05, 4.69) is 28.9 Å². The number of allylic oxidation sites excluding steroid dienone is 2. The molecule has 0 saturated carbocycles. The second kappa shape index (κ2) is 7.90. The minimum Gasteiger partial charge on any atom is -0.493 e. The van der Waals surface area contributed by atoms with E-state index < -0.39 is 0 Å². The van der Waals surface area contributed by atoms with Crippen LogP contribution in [0.25, 0.3) is 0 Å². The molecule has 1 aromatic carbocycles. The summed E-state index contributed by atoms with van der Waals surface area (Å²) in [7, 11) is 0. The molecule has 2 aromatic rings. The van der Waals surface area contributed by atoms with Crippen molar-refractivity contribution in [2.24, 2.45) is 4.99 Å². The topological polar surface area (TPSA) is 57.8 Å². The quantitative estimate of drug-likeness (QED) is 0.501. The van der Waals surface area contributed by atoms with Crippen LogP contribution in [-0.2, 0) is 11.3 Å². The molecule has 0 bridgehead atoms. The summed E-state index contributed by atoms with van der Waals surface area (Å²) < 4.78 is 2.21. The fourth-order valence-corrected chi connectivity index (χ4v) is 6.45. The van der Waals surface area contributed by atoms with Crippen LogP contribution < -0.4 is 4.90 Å².